The van der Waals surface area contributed by atoms with E-state index in [1.807, 2.05) is 0 Å². The van der Waals surface area contributed by atoms with Crippen molar-refractivity contribution in [3.05, 3.63) is 27.2 Å². The van der Waals surface area contributed by atoms with Gasteiger partial charge in [-0.25, -0.2) is 14.3 Å². The highest BCUT2D eigenvalue weighted by molar-refractivity contribution is 5.77. The molecule has 0 atom stereocenters. The minimum absolute atomic E-state index is 0.108. The predicted molar refractivity (Wildman–Crippen MR) is 108 cm³/mol. The van der Waals surface area contributed by atoms with Crippen LogP contribution in [0.5, 0.6) is 0 Å². The average molecular weight is 390 g/mol. The molecule has 1 aliphatic rings. The molecule has 1 aliphatic carbocycles. The van der Waals surface area contributed by atoms with Crippen LogP contribution in [0.4, 0.5) is 0 Å². The first-order chi connectivity index (χ1) is 13.2. The molecule has 1 fully saturated rings. The highest BCUT2D eigenvalue weighted by Crippen LogP contribution is 2.40. The number of nitrogens with zero attached hydrogens (tertiary/aromatic N) is 4. The molecule has 0 aliphatic heterocycles. The Labute approximate surface area is 164 Å². The number of nitrogens with one attached hydrogen (secondary N) is 1. The lowest BCUT2D eigenvalue weighted by Crippen LogP contribution is -2.46. The largest absolute Gasteiger partial charge is 0.352 e. The quantitative estimate of drug-likeness (QED) is 0.840. The smallest absolute Gasteiger partial charge is 0.332 e. The minimum Gasteiger partial charge on any atom is -0.352 e. The molecule has 154 valence electrons. The summed E-state index contributed by atoms with van der Waals surface area (Å²) >= 11 is 0. The molecule has 0 aromatic carbocycles. The van der Waals surface area contributed by atoms with Crippen molar-refractivity contribution in [3.8, 4) is 0 Å². The van der Waals surface area contributed by atoms with E-state index in [2.05, 4.69) is 31.1 Å². The van der Waals surface area contributed by atoms with Gasteiger partial charge in [0.1, 0.15) is 6.54 Å². The van der Waals surface area contributed by atoms with Crippen molar-refractivity contribution in [2.75, 3.05) is 0 Å². The van der Waals surface area contributed by atoms with E-state index in [0.717, 1.165) is 36.7 Å². The van der Waals surface area contributed by atoms with E-state index in [4.69, 9.17) is 0 Å². The molecule has 3 rings (SSSR count). The van der Waals surface area contributed by atoms with Crippen molar-refractivity contribution in [2.45, 2.75) is 65.5 Å². The van der Waals surface area contributed by atoms with Gasteiger partial charge in [-0.05, 0) is 37.0 Å². The highest BCUT2D eigenvalue weighted by atomic mass is 16.2. The number of aromatic nitrogens is 4. The molecule has 0 unspecified atom stereocenters. The van der Waals surface area contributed by atoms with Gasteiger partial charge in [0.05, 0.1) is 6.33 Å². The van der Waals surface area contributed by atoms with Crippen LogP contribution >= 0.6 is 0 Å². The summed E-state index contributed by atoms with van der Waals surface area (Å²) in [6, 6.07) is 0.108. The Bertz CT molecular complexity index is 990. The highest BCUT2D eigenvalue weighted by Gasteiger charge is 2.32. The summed E-state index contributed by atoms with van der Waals surface area (Å²) in [6.07, 6.45) is 6.70. The summed E-state index contributed by atoms with van der Waals surface area (Å²) in [5.41, 5.74) is -0.0443. The van der Waals surface area contributed by atoms with Crippen LogP contribution in [0.25, 0.3) is 11.2 Å². The third-order valence-corrected chi connectivity index (χ3v) is 6.61. The minimum atomic E-state index is -0.528. The van der Waals surface area contributed by atoms with E-state index in [0.29, 0.717) is 22.5 Å². The van der Waals surface area contributed by atoms with E-state index >= 15 is 0 Å². The first kappa shape index (κ1) is 20.4. The normalized spacial score (nSPS) is 20.5. The third kappa shape index (κ3) is 3.64. The number of imidazole rings is 1. The summed E-state index contributed by atoms with van der Waals surface area (Å²) in [5.74, 6) is 0.381. The molecule has 0 radical (unpaired) electrons. The van der Waals surface area contributed by atoms with E-state index < -0.39 is 11.2 Å². The summed E-state index contributed by atoms with van der Waals surface area (Å²) in [6.45, 7) is 6.58. The zero-order valence-electron chi connectivity index (χ0n) is 17.5. The van der Waals surface area contributed by atoms with Crippen LogP contribution in [-0.2, 0) is 25.4 Å². The number of carbonyl (C=O) groups is 1. The number of fused-ring (bicyclic) bond motifs is 1. The number of rotatable bonds is 5. The first-order valence-corrected chi connectivity index (χ1v) is 10.1. The second-order valence-electron chi connectivity index (χ2n) is 8.72. The molecule has 0 spiro atoms. The lowest BCUT2D eigenvalue weighted by atomic mass is 9.69. The standard InChI is InChI=1S/C20H31N5O3/c1-6-20(2,3)13-7-9-14(10-8-13)22-15(26)11-25-18(27)16-17(21-12-23(16)4)24(5)19(25)28/h12-14H,6-11H2,1-5H3,(H,22,26). The molecule has 1 amide bonds. The van der Waals surface area contributed by atoms with Gasteiger partial charge in [0.15, 0.2) is 11.2 Å². The molecular weight excluding hydrogens is 358 g/mol. The molecule has 28 heavy (non-hydrogen) atoms. The van der Waals surface area contributed by atoms with Crippen LogP contribution in [0.1, 0.15) is 52.9 Å². The van der Waals surface area contributed by atoms with Crippen molar-refractivity contribution in [2.24, 2.45) is 25.4 Å². The molecule has 2 heterocycles. The maximum absolute atomic E-state index is 12.7. The van der Waals surface area contributed by atoms with Crippen molar-refractivity contribution in [1.82, 2.24) is 24.0 Å². The number of hydrogen-bond acceptors (Lipinski definition) is 4. The Balaban J connectivity index is 1.71. The molecule has 2 aromatic rings. The van der Waals surface area contributed by atoms with E-state index in [1.165, 1.54) is 10.9 Å². The van der Waals surface area contributed by atoms with Gasteiger partial charge in [0.25, 0.3) is 5.56 Å². The van der Waals surface area contributed by atoms with E-state index in [-0.39, 0.29) is 18.5 Å². The molecule has 0 saturated heterocycles. The Morgan fingerprint density at radius 2 is 1.86 bits per heavy atom. The van der Waals surface area contributed by atoms with Crippen LogP contribution in [-0.4, -0.2) is 30.6 Å². The summed E-state index contributed by atoms with van der Waals surface area (Å²) in [4.78, 5) is 41.9. The van der Waals surface area contributed by atoms with Gasteiger partial charge in [0, 0.05) is 20.1 Å². The number of amides is 1. The van der Waals surface area contributed by atoms with Gasteiger partial charge < -0.3 is 9.88 Å². The van der Waals surface area contributed by atoms with Crippen molar-refractivity contribution in [1.29, 1.82) is 0 Å². The monoisotopic (exact) mass is 389 g/mol. The maximum Gasteiger partial charge on any atom is 0.332 e. The van der Waals surface area contributed by atoms with E-state index in [9.17, 15) is 14.4 Å². The molecule has 1 N–H and O–H groups in total. The molecular formula is C20H31N5O3. The fourth-order valence-electron chi connectivity index (χ4n) is 4.26. The second-order valence-corrected chi connectivity index (χ2v) is 8.72. The van der Waals surface area contributed by atoms with Crippen molar-refractivity contribution < 1.29 is 4.79 Å². The third-order valence-electron chi connectivity index (χ3n) is 6.61. The Morgan fingerprint density at radius 3 is 2.46 bits per heavy atom. The topological polar surface area (TPSA) is 90.9 Å². The lowest BCUT2D eigenvalue weighted by Gasteiger charge is -2.39. The van der Waals surface area contributed by atoms with Crippen LogP contribution < -0.4 is 16.6 Å². The Hall–Kier alpha value is -2.38. The van der Waals surface area contributed by atoms with Crippen molar-refractivity contribution in [3.63, 3.8) is 0 Å². The molecule has 8 nitrogen and oxygen atoms in total. The fraction of sp³-hybridized carbons (Fsp3) is 0.700. The van der Waals surface area contributed by atoms with Crippen molar-refractivity contribution >= 4 is 17.1 Å². The fourth-order valence-corrected chi connectivity index (χ4v) is 4.26. The van der Waals surface area contributed by atoms with Crippen LogP contribution in [0.3, 0.4) is 0 Å². The molecule has 8 heteroatoms. The Morgan fingerprint density at radius 1 is 1.21 bits per heavy atom. The van der Waals surface area contributed by atoms with Crippen LogP contribution in [0, 0.1) is 11.3 Å². The van der Waals surface area contributed by atoms with Gasteiger partial charge in [-0.1, -0.05) is 27.2 Å². The maximum atomic E-state index is 12.7. The number of aryl methyl sites for hydroxylation is 2. The zero-order chi connectivity index (χ0) is 20.6. The number of carbonyl (C=O) groups excluding carboxylic acids is 1. The van der Waals surface area contributed by atoms with Gasteiger partial charge in [-0.15, -0.1) is 0 Å². The summed E-state index contributed by atoms with van der Waals surface area (Å²) in [7, 11) is 3.25. The number of hydrogen-bond donors (Lipinski definition) is 1. The van der Waals surface area contributed by atoms with Gasteiger partial charge in [0.2, 0.25) is 5.91 Å². The average Bonchev–Trinajstić information content (AvgIpc) is 3.05. The summed E-state index contributed by atoms with van der Waals surface area (Å²) in [5, 5.41) is 3.02. The molecule has 2 aromatic heterocycles. The second kappa shape index (κ2) is 7.56. The first-order valence-electron chi connectivity index (χ1n) is 10.1. The van der Waals surface area contributed by atoms with Gasteiger partial charge >= 0.3 is 5.69 Å². The summed E-state index contributed by atoms with van der Waals surface area (Å²) < 4.78 is 3.87. The van der Waals surface area contributed by atoms with Gasteiger partial charge in [-0.3, -0.25) is 14.2 Å². The van der Waals surface area contributed by atoms with Crippen LogP contribution in [0.2, 0.25) is 0 Å². The van der Waals surface area contributed by atoms with Gasteiger partial charge in [-0.2, -0.15) is 0 Å². The lowest BCUT2D eigenvalue weighted by molar-refractivity contribution is -0.122. The van der Waals surface area contributed by atoms with E-state index in [1.54, 1.807) is 18.7 Å². The molecule has 0 bridgehead atoms. The SMILES string of the molecule is CCC(C)(C)C1CCC(NC(=O)Cn2c(=O)c3c(ncn3C)n(C)c2=O)CC1. The Kier molecular flexibility index (Phi) is 5.50. The molecule has 1 saturated carbocycles. The zero-order valence-corrected chi connectivity index (χ0v) is 17.5. The predicted octanol–water partition coefficient (Wildman–Crippen LogP) is 1.54. The van der Waals surface area contributed by atoms with Crippen LogP contribution in [0.15, 0.2) is 15.9 Å².